The van der Waals surface area contributed by atoms with Gasteiger partial charge in [-0.3, -0.25) is 9.59 Å². The first-order valence-corrected chi connectivity index (χ1v) is 10.5. The number of benzene rings is 2. The molecule has 0 atom stereocenters. The Morgan fingerprint density at radius 1 is 1.06 bits per heavy atom. The minimum atomic E-state index is -0.571. The van der Waals surface area contributed by atoms with Gasteiger partial charge in [0, 0.05) is 24.2 Å². The first-order valence-electron chi connectivity index (χ1n) is 10.5. The van der Waals surface area contributed by atoms with Gasteiger partial charge < -0.3 is 14.6 Å². The molecule has 168 valence electrons. The number of carbonyl (C=O) groups excluding carboxylic acids is 2. The average Bonchev–Trinajstić information content (AvgIpc) is 3.19. The number of carbonyl (C=O) groups is 2. The van der Waals surface area contributed by atoms with E-state index in [-0.39, 0.29) is 12.5 Å². The van der Waals surface area contributed by atoms with E-state index >= 15 is 0 Å². The molecule has 2 aromatic carbocycles. The lowest BCUT2D eigenvalue weighted by molar-refractivity contribution is -0.116. The number of ether oxygens (including phenoxy) is 1. The smallest absolute Gasteiger partial charge is 0.338 e. The summed E-state index contributed by atoms with van der Waals surface area (Å²) in [6, 6.07) is 17.7. The van der Waals surface area contributed by atoms with E-state index in [2.05, 4.69) is 10.3 Å². The van der Waals surface area contributed by atoms with Gasteiger partial charge in [0.05, 0.1) is 11.3 Å². The number of rotatable bonds is 7. The number of aryl methyl sites for hydroxylation is 2. The van der Waals surface area contributed by atoms with Crippen molar-refractivity contribution in [3.05, 3.63) is 99.2 Å². The summed E-state index contributed by atoms with van der Waals surface area (Å²) >= 11 is 0. The highest BCUT2D eigenvalue weighted by Crippen LogP contribution is 2.21. The Morgan fingerprint density at radius 3 is 2.64 bits per heavy atom. The van der Waals surface area contributed by atoms with Crippen LogP contribution < -0.4 is 10.9 Å². The van der Waals surface area contributed by atoms with Crippen molar-refractivity contribution in [2.45, 2.75) is 33.3 Å². The van der Waals surface area contributed by atoms with Crippen LogP contribution in [0.1, 0.15) is 39.4 Å². The minimum absolute atomic E-state index is 0.138. The van der Waals surface area contributed by atoms with Gasteiger partial charge in [0.25, 0.3) is 5.56 Å². The van der Waals surface area contributed by atoms with Crippen LogP contribution in [0.5, 0.6) is 0 Å². The van der Waals surface area contributed by atoms with E-state index < -0.39 is 11.5 Å². The molecule has 0 saturated heterocycles. The van der Waals surface area contributed by atoms with E-state index in [1.807, 2.05) is 30.3 Å². The Morgan fingerprint density at radius 2 is 1.85 bits per heavy atom. The molecule has 4 aromatic rings. The van der Waals surface area contributed by atoms with E-state index in [4.69, 9.17) is 9.26 Å². The van der Waals surface area contributed by atoms with Gasteiger partial charge in [-0.1, -0.05) is 36.4 Å². The Kier molecular flexibility index (Phi) is 6.35. The number of fused-ring (bicyclic) bond motifs is 1. The molecule has 0 fully saturated rings. The zero-order valence-corrected chi connectivity index (χ0v) is 18.3. The summed E-state index contributed by atoms with van der Waals surface area (Å²) in [5.41, 5.74) is 2.83. The van der Waals surface area contributed by atoms with Crippen molar-refractivity contribution in [1.82, 2.24) is 9.56 Å². The van der Waals surface area contributed by atoms with Crippen LogP contribution in [-0.4, -0.2) is 21.4 Å². The zero-order valence-electron chi connectivity index (χ0n) is 18.3. The van der Waals surface area contributed by atoms with E-state index in [0.717, 1.165) is 10.1 Å². The number of hydrogen-bond donors (Lipinski definition) is 1. The molecule has 33 heavy (non-hydrogen) atoms. The Hall–Kier alpha value is -4.20. The largest absolute Gasteiger partial charge is 0.456 e. The number of hydrogen-bond acceptors (Lipinski definition) is 6. The molecule has 1 amide bonds. The molecular formula is C25H23N3O5. The summed E-state index contributed by atoms with van der Waals surface area (Å²) in [6.45, 7) is 3.29. The summed E-state index contributed by atoms with van der Waals surface area (Å²) in [5, 5.41) is 2.87. The van der Waals surface area contributed by atoms with Crippen molar-refractivity contribution in [3.8, 4) is 0 Å². The Labute approximate surface area is 189 Å². The van der Waals surface area contributed by atoms with Crippen LogP contribution in [0.25, 0.3) is 5.65 Å². The molecule has 0 unspecified atom stereocenters. The molecule has 0 saturated carbocycles. The SMILES string of the molecule is Cc1cc2nc(COC(=O)c3cccc(NC(=O)CCc4ccccc4)c3C)cc(=O)n2o1. The molecule has 0 aliphatic heterocycles. The number of nitrogens with one attached hydrogen (secondary N) is 1. The fourth-order valence-corrected chi connectivity index (χ4v) is 3.47. The highest BCUT2D eigenvalue weighted by molar-refractivity contribution is 5.96. The lowest BCUT2D eigenvalue weighted by atomic mass is 10.1. The van der Waals surface area contributed by atoms with Crippen molar-refractivity contribution < 1.29 is 18.8 Å². The summed E-state index contributed by atoms with van der Waals surface area (Å²) in [6.07, 6.45) is 0.955. The monoisotopic (exact) mass is 445 g/mol. The predicted molar refractivity (Wildman–Crippen MR) is 122 cm³/mol. The molecule has 8 nitrogen and oxygen atoms in total. The van der Waals surface area contributed by atoms with Gasteiger partial charge in [-0.05, 0) is 43.5 Å². The van der Waals surface area contributed by atoms with Crippen LogP contribution in [0.4, 0.5) is 5.69 Å². The van der Waals surface area contributed by atoms with Gasteiger partial charge in [-0.2, -0.15) is 0 Å². The summed E-state index contributed by atoms with van der Waals surface area (Å²) < 4.78 is 11.7. The number of nitrogens with zero attached hydrogens (tertiary/aromatic N) is 2. The predicted octanol–water partition coefficient (Wildman–Crippen LogP) is 3.83. The van der Waals surface area contributed by atoms with Crippen LogP contribution in [-0.2, 0) is 22.6 Å². The number of anilines is 1. The van der Waals surface area contributed by atoms with Crippen LogP contribution in [0.15, 0.2) is 70.0 Å². The first-order chi connectivity index (χ1) is 15.9. The Balaban J connectivity index is 1.40. The number of amides is 1. The number of aromatic nitrogens is 2. The maximum Gasteiger partial charge on any atom is 0.338 e. The maximum absolute atomic E-state index is 12.7. The third kappa shape index (κ3) is 5.17. The highest BCUT2D eigenvalue weighted by Gasteiger charge is 2.16. The molecule has 0 aliphatic rings. The molecule has 0 spiro atoms. The topological polar surface area (TPSA) is 103 Å². The fourth-order valence-electron chi connectivity index (χ4n) is 3.47. The molecule has 0 bridgehead atoms. The molecule has 0 aliphatic carbocycles. The van der Waals surface area contributed by atoms with E-state index in [0.29, 0.717) is 46.8 Å². The molecule has 2 heterocycles. The lowest BCUT2D eigenvalue weighted by Gasteiger charge is -2.12. The summed E-state index contributed by atoms with van der Waals surface area (Å²) in [7, 11) is 0. The summed E-state index contributed by atoms with van der Waals surface area (Å²) in [4.78, 5) is 41.5. The quantitative estimate of drug-likeness (QED) is 0.434. The van der Waals surface area contributed by atoms with Crippen LogP contribution >= 0.6 is 0 Å². The highest BCUT2D eigenvalue weighted by atomic mass is 16.5. The van der Waals surface area contributed by atoms with Crippen LogP contribution in [0.2, 0.25) is 0 Å². The minimum Gasteiger partial charge on any atom is -0.456 e. The second-order valence-electron chi connectivity index (χ2n) is 7.67. The van der Waals surface area contributed by atoms with Crippen LogP contribution in [0, 0.1) is 13.8 Å². The third-order valence-electron chi connectivity index (χ3n) is 5.19. The lowest BCUT2D eigenvalue weighted by Crippen LogP contribution is -2.16. The van der Waals surface area contributed by atoms with Crippen LogP contribution in [0.3, 0.4) is 0 Å². The third-order valence-corrected chi connectivity index (χ3v) is 5.19. The average molecular weight is 445 g/mol. The van der Waals surface area contributed by atoms with Gasteiger partial charge in [0.2, 0.25) is 5.91 Å². The van der Waals surface area contributed by atoms with Crippen molar-refractivity contribution in [2.75, 3.05) is 5.32 Å². The molecule has 0 radical (unpaired) electrons. The van der Waals surface area contributed by atoms with Gasteiger partial charge >= 0.3 is 5.97 Å². The maximum atomic E-state index is 12.7. The molecular weight excluding hydrogens is 422 g/mol. The molecule has 4 rings (SSSR count). The van der Waals surface area contributed by atoms with Gasteiger partial charge in [-0.25, -0.2) is 9.78 Å². The number of esters is 1. The van der Waals surface area contributed by atoms with Crippen molar-refractivity contribution in [2.24, 2.45) is 0 Å². The van der Waals surface area contributed by atoms with E-state index in [1.54, 1.807) is 38.1 Å². The van der Waals surface area contributed by atoms with Crippen molar-refractivity contribution >= 4 is 23.2 Å². The molecule has 2 aromatic heterocycles. The first kappa shape index (κ1) is 22.0. The van der Waals surface area contributed by atoms with E-state index in [1.165, 1.54) is 6.07 Å². The fraction of sp³-hybridized carbons (Fsp3) is 0.200. The van der Waals surface area contributed by atoms with Crippen molar-refractivity contribution in [1.29, 1.82) is 0 Å². The zero-order chi connectivity index (χ0) is 23.4. The van der Waals surface area contributed by atoms with Gasteiger partial charge in [0.1, 0.15) is 12.4 Å². The normalized spacial score (nSPS) is 10.8. The second kappa shape index (κ2) is 9.52. The van der Waals surface area contributed by atoms with E-state index in [9.17, 15) is 14.4 Å². The van der Waals surface area contributed by atoms with Crippen molar-refractivity contribution in [3.63, 3.8) is 0 Å². The Bertz CT molecular complexity index is 1370. The molecule has 1 N–H and O–H groups in total. The summed E-state index contributed by atoms with van der Waals surface area (Å²) in [5.74, 6) is -0.161. The standard InChI is InChI=1S/C25H23N3O5/c1-16-13-22-26-19(14-24(30)28(22)33-16)15-32-25(31)20-9-6-10-21(17(20)2)27-23(29)12-11-18-7-4-3-5-8-18/h3-10,13-14H,11-12,15H2,1-2H3,(H,27,29). The van der Waals surface area contributed by atoms with Gasteiger partial charge in [-0.15, -0.1) is 4.57 Å². The molecule has 8 heteroatoms. The van der Waals surface area contributed by atoms with Gasteiger partial charge in [0.15, 0.2) is 5.65 Å². The second-order valence-corrected chi connectivity index (χ2v) is 7.67.